The standard InChI is InChI=1S/C26H28BrFN8O3/c1-16-22(18-13-30-25(27)31-14-18)34-36(19-6-4-3-5-7-19)24(16)33-26(37)32-20-15-35(10-11-38-2)39-23(20)17-8-9-29-21(28)12-17/h3-6,8-9,12-14,19-20,23H,7,10-11,15H2,1-2H3,(H2,32,33,37)/t19?,20?,23-/m0/s1. The van der Waals surface area contributed by atoms with Crippen LogP contribution in [0.4, 0.5) is 15.0 Å². The molecule has 0 saturated carbocycles. The maximum absolute atomic E-state index is 13.9. The molecule has 0 radical (unpaired) electrons. The maximum atomic E-state index is 13.9. The molecular formula is C26H28BrFN8O3. The Kier molecular flexibility index (Phi) is 8.41. The quantitative estimate of drug-likeness (QED) is 0.293. The summed E-state index contributed by atoms with van der Waals surface area (Å²) in [6, 6.07) is 2.01. The molecule has 0 bridgehead atoms. The van der Waals surface area contributed by atoms with Crippen LogP contribution < -0.4 is 10.6 Å². The summed E-state index contributed by atoms with van der Waals surface area (Å²) in [4.78, 5) is 31.5. The highest BCUT2D eigenvalue weighted by atomic mass is 79.9. The van der Waals surface area contributed by atoms with Crippen molar-refractivity contribution in [2.24, 2.45) is 0 Å². The largest absolute Gasteiger partial charge is 0.383 e. The Morgan fingerprint density at radius 2 is 2.10 bits per heavy atom. The number of allylic oxidation sites excluding steroid dienone is 4. The van der Waals surface area contributed by atoms with E-state index in [-0.39, 0.29) is 6.04 Å². The van der Waals surface area contributed by atoms with Gasteiger partial charge in [-0.05, 0) is 47.0 Å². The number of hydrogen-bond donors (Lipinski definition) is 2. The molecule has 2 unspecified atom stereocenters. The first kappa shape index (κ1) is 27.1. The third-order valence-corrected chi connectivity index (χ3v) is 6.92. The lowest BCUT2D eigenvalue weighted by Crippen LogP contribution is -2.42. The summed E-state index contributed by atoms with van der Waals surface area (Å²) in [5.74, 6) is -0.0646. The van der Waals surface area contributed by atoms with E-state index in [4.69, 9.17) is 14.7 Å². The van der Waals surface area contributed by atoms with Crippen LogP contribution in [-0.4, -0.2) is 68.7 Å². The predicted molar refractivity (Wildman–Crippen MR) is 145 cm³/mol. The van der Waals surface area contributed by atoms with E-state index in [0.29, 0.717) is 41.5 Å². The number of amides is 2. The summed E-state index contributed by atoms with van der Waals surface area (Å²) >= 11 is 3.26. The first-order valence-corrected chi connectivity index (χ1v) is 13.2. The molecule has 204 valence electrons. The highest BCUT2D eigenvalue weighted by molar-refractivity contribution is 9.10. The van der Waals surface area contributed by atoms with E-state index in [1.54, 1.807) is 35.3 Å². The average molecular weight is 599 g/mol. The van der Waals surface area contributed by atoms with Gasteiger partial charge in [-0.3, -0.25) is 10.2 Å². The van der Waals surface area contributed by atoms with E-state index >= 15 is 0 Å². The second-order valence-electron chi connectivity index (χ2n) is 9.15. The minimum absolute atomic E-state index is 0.0824. The topological polar surface area (TPSA) is 119 Å². The summed E-state index contributed by atoms with van der Waals surface area (Å²) < 4.78 is 21.3. The van der Waals surface area contributed by atoms with Gasteiger partial charge >= 0.3 is 6.03 Å². The Hall–Kier alpha value is -3.52. The molecule has 1 fully saturated rings. The molecule has 3 atom stereocenters. The fourth-order valence-electron chi connectivity index (χ4n) is 4.62. The molecular weight excluding hydrogens is 571 g/mol. The van der Waals surface area contributed by atoms with Gasteiger partial charge in [-0.2, -0.15) is 14.6 Å². The normalized spacial score (nSPS) is 20.9. The second-order valence-corrected chi connectivity index (χ2v) is 9.86. The number of pyridine rings is 1. The first-order valence-electron chi connectivity index (χ1n) is 12.4. The number of urea groups is 1. The Bertz CT molecular complexity index is 1380. The second kappa shape index (κ2) is 12.1. The Labute approximate surface area is 233 Å². The molecule has 4 heterocycles. The molecule has 2 N–H and O–H groups in total. The van der Waals surface area contributed by atoms with Crippen LogP contribution in [0.25, 0.3) is 11.3 Å². The fourth-order valence-corrected chi connectivity index (χ4v) is 4.82. The van der Waals surface area contributed by atoms with Crippen LogP contribution in [0.5, 0.6) is 0 Å². The number of carbonyl (C=O) groups excluding carboxylic acids is 1. The van der Waals surface area contributed by atoms with Gasteiger partial charge in [-0.1, -0.05) is 24.3 Å². The monoisotopic (exact) mass is 598 g/mol. The van der Waals surface area contributed by atoms with Gasteiger partial charge in [0.1, 0.15) is 17.6 Å². The maximum Gasteiger partial charge on any atom is 0.320 e. The van der Waals surface area contributed by atoms with Gasteiger partial charge in [0.15, 0.2) is 4.73 Å². The van der Waals surface area contributed by atoms with Crippen molar-refractivity contribution in [3.8, 4) is 11.3 Å². The molecule has 11 nitrogen and oxygen atoms in total. The SMILES string of the molecule is COCCN1CC(NC(=O)Nc2c(C)c(-c3cnc(Br)nc3)nn2C2C=CC=CC2)[C@H](c2ccnc(F)c2)O1. The number of rotatable bonds is 8. The van der Waals surface area contributed by atoms with Crippen LogP contribution in [0.3, 0.4) is 0 Å². The van der Waals surface area contributed by atoms with Crippen molar-refractivity contribution >= 4 is 27.8 Å². The van der Waals surface area contributed by atoms with Gasteiger partial charge in [0.05, 0.1) is 18.7 Å². The number of halogens is 2. The smallest absolute Gasteiger partial charge is 0.320 e. The number of carbonyl (C=O) groups is 1. The molecule has 3 aromatic rings. The third kappa shape index (κ3) is 6.22. The molecule has 3 aromatic heterocycles. The van der Waals surface area contributed by atoms with E-state index in [1.165, 1.54) is 12.3 Å². The van der Waals surface area contributed by atoms with Crippen LogP contribution in [0.15, 0.2) is 59.8 Å². The van der Waals surface area contributed by atoms with Crippen LogP contribution in [0.2, 0.25) is 0 Å². The molecule has 2 amide bonds. The summed E-state index contributed by atoms with van der Waals surface area (Å²) in [6.45, 7) is 3.22. The van der Waals surface area contributed by atoms with E-state index in [0.717, 1.165) is 17.5 Å². The molecule has 39 heavy (non-hydrogen) atoms. The highest BCUT2D eigenvalue weighted by Crippen LogP contribution is 2.33. The number of nitrogens with one attached hydrogen (secondary N) is 2. The number of anilines is 1. The van der Waals surface area contributed by atoms with Crippen molar-refractivity contribution in [1.82, 2.24) is 35.1 Å². The van der Waals surface area contributed by atoms with E-state index in [9.17, 15) is 9.18 Å². The summed E-state index contributed by atoms with van der Waals surface area (Å²) in [6.07, 6.45) is 12.9. The van der Waals surface area contributed by atoms with E-state index in [2.05, 4.69) is 47.6 Å². The van der Waals surface area contributed by atoms with E-state index in [1.807, 2.05) is 25.2 Å². The average Bonchev–Trinajstić information content (AvgIpc) is 3.49. The Morgan fingerprint density at radius 1 is 1.28 bits per heavy atom. The summed E-state index contributed by atoms with van der Waals surface area (Å²) in [5, 5.41) is 12.6. The lowest BCUT2D eigenvalue weighted by atomic mass is 10.0. The summed E-state index contributed by atoms with van der Waals surface area (Å²) in [5.41, 5.74) is 2.74. The third-order valence-electron chi connectivity index (χ3n) is 6.51. The molecule has 1 saturated heterocycles. The zero-order valence-corrected chi connectivity index (χ0v) is 23.0. The van der Waals surface area contributed by atoms with Gasteiger partial charge in [0.25, 0.3) is 0 Å². The van der Waals surface area contributed by atoms with Crippen LogP contribution in [0, 0.1) is 12.9 Å². The molecule has 1 aliphatic carbocycles. The van der Waals surface area contributed by atoms with Gasteiger partial charge in [0, 0.05) is 49.9 Å². The molecule has 0 spiro atoms. The predicted octanol–water partition coefficient (Wildman–Crippen LogP) is 4.13. The van der Waals surface area contributed by atoms with Crippen LogP contribution >= 0.6 is 15.9 Å². The van der Waals surface area contributed by atoms with Crippen molar-refractivity contribution in [1.29, 1.82) is 0 Å². The molecule has 13 heteroatoms. The van der Waals surface area contributed by atoms with Gasteiger partial charge in [0.2, 0.25) is 5.95 Å². The fraction of sp³-hybridized carbons (Fsp3) is 0.346. The lowest BCUT2D eigenvalue weighted by molar-refractivity contribution is -0.154. The number of methoxy groups -OCH3 is 1. The first-order chi connectivity index (χ1) is 18.9. The number of aromatic nitrogens is 5. The van der Waals surface area contributed by atoms with Crippen molar-refractivity contribution in [3.05, 3.63) is 76.8 Å². The molecule has 1 aliphatic heterocycles. The highest BCUT2D eigenvalue weighted by Gasteiger charge is 2.37. The van der Waals surface area contributed by atoms with Crippen molar-refractivity contribution in [2.45, 2.75) is 31.5 Å². The minimum Gasteiger partial charge on any atom is -0.383 e. The zero-order chi connectivity index (χ0) is 27.4. The van der Waals surface area contributed by atoms with Crippen LogP contribution in [-0.2, 0) is 9.57 Å². The number of hydroxylamine groups is 2. The summed E-state index contributed by atoms with van der Waals surface area (Å²) in [7, 11) is 1.60. The van der Waals surface area contributed by atoms with Crippen LogP contribution in [0.1, 0.15) is 29.7 Å². The Morgan fingerprint density at radius 3 is 2.82 bits per heavy atom. The van der Waals surface area contributed by atoms with Crippen molar-refractivity contribution in [3.63, 3.8) is 0 Å². The van der Waals surface area contributed by atoms with Crippen molar-refractivity contribution in [2.75, 3.05) is 32.1 Å². The zero-order valence-electron chi connectivity index (χ0n) is 21.4. The van der Waals surface area contributed by atoms with Gasteiger partial charge in [-0.25, -0.2) is 24.4 Å². The van der Waals surface area contributed by atoms with E-state index < -0.39 is 24.1 Å². The number of hydrogen-bond acceptors (Lipinski definition) is 8. The molecule has 2 aliphatic rings. The lowest BCUT2D eigenvalue weighted by Gasteiger charge is -2.21. The van der Waals surface area contributed by atoms with Crippen molar-refractivity contribution < 1.29 is 18.8 Å². The number of ether oxygens (including phenoxy) is 1. The van der Waals surface area contributed by atoms with Gasteiger partial charge < -0.3 is 10.1 Å². The Balaban J connectivity index is 1.40. The molecule has 5 rings (SSSR count). The minimum atomic E-state index is -0.617. The van der Waals surface area contributed by atoms with Gasteiger partial charge in [-0.15, -0.1) is 0 Å². The number of nitrogens with zero attached hydrogens (tertiary/aromatic N) is 6. The molecule has 0 aromatic carbocycles.